The minimum Gasteiger partial charge on any atom is -0.496 e. The van der Waals surface area contributed by atoms with Crippen LogP contribution < -0.4 is 4.74 Å². The fourth-order valence-corrected chi connectivity index (χ4v) is 5.60. The first kappa shape index (κ1) is 18.0. The number of aryl methyl sites for hydroxylation is 2. The molecule has 3 fully saturated rings. The largest absolute Gasteiger partial charge is 0.496 e. The van der Waals surface area contributed by atoms with Crippen molar-refractivity contribution in [2.45, 2.75) is 64.0 Å². The Kier molecular flexibility index (Phi) is 4.37. The average Bonchev–Trinajstić information content (AvgIpc) is 3.09. The van der Waals surface area contributed by atoms with Crippen molar-refractivity contribution in [1.82, 2.24) is 9.80 Å². The number of hydrogen-bond acceptors (Lipinski definition) is 3. The predicted octanol–water partition coefficient (Wildman–Crippen LogP) is 3.05. The highest BCUT2D eigenvalue weighted by Gasteiger charge is 2.46. The number of amides is 2. The van der Waals surface area contributed by atoms with Gasteiger partial charge in [0.2, 0.25) is 5.91 Å². The van der Waals surface area contributed by atoms with Crippen molar-refractivity contribution in [2.75, 3.05) is 20.2 Å². The van der Waals surface area contributed by atoms with Gasteiger partial charge in [0.05, 0.1) is 12.7 Å². The summed E-state index contributed by atoms with van der Waals surface area (Å²) in [6, 6.07) is 4.48. The van der Waals surface area contributed by atoms with Gasteiger partial charge in [-0.2, -0.15) is 0 Å². The maximum absolute atomic E-state index is 13.3. The summed E-state index contributed by atoms with van der Waals surface area (Å²) >= 11 is 0. The SMILES string of the molecule is COc1cc2c(cc1C(=O)N1CC3CCC(C1)N3C(=O)CC1CC1C)CCC2. The Morgan fingerprint density at radius 3 is 2.36 bits per heavy atom. The summed E-state index contributed by atoms with van der Waals surface area (Å²) in [6.07, 6.45) is 7.19. The lowest BCUT2D eigenvalue weighted by Gasteiger charge is -2.41. The van der Waals surface area contributed by atoms with Crippen LogP contribution in [0.3, 0.4) is 0 Å². The summed E-state index contributed by atoms with van der Waals surface area (Å²) in [5, 5.41) is 0. The molecule has 1 saturated carbocycles. The van der Waals surface area contributed by atoms with Crippen molar-refractivity contribution >= 4 is 11.8 Å². The minimum atomic E-state index is 0.0614. The molecule has 2 aliphatic carbocycles. The van der Waals surface area contributed by atoms with Crippen LogP contribution in [-0.4, -0.2) is 53.9 Å². The van der Waals surface area contributed by atoms with Gasteiger partial charge in [0, 0.05) is 31.6 Å². The molecule has 0 aromatic heterocycles. The first-order valence-electron chi connectivity index (χ1n) is 10.9. The van der Waals surface area contributed by atoms with Gasteiger partial charge in [0.15, 0.2) is 0 Å². The summed E-state index contributed by atoms with van der Waals surface area (Å²) in [7, 11) is 1.65. The number of carbonyl (C=O) groups is 2. The molecule has 1 aromatic rings. The summed E-state index contributed by atoms with van der Waals surface area (Å²) in [4.78, 5) is 30.3. The molecule has 0 N–H and O–H groups in total. The first-order valence-corrected chi connectivity index (χ1v) is 10.9. The third kappa shape index (κ3) is 2.99. The van der Waals surface area contributed by atoms with E-state index >= 15 is 0 Å². The van der Waals surface area contributed by atoms with Gasteiger partial charge in [-0.3, -0.25) is 9.59 Å². The lowest BCUT2D eigenvalue weighted by molar-refractivity contribution is -0.136. The van der Waals surface area contributed by atoms with Crippen LogP contribution in [-0.2, 0) is 17.6 Å². The van der Waals surface area contributed by atoms with Crippen LogP contribution in [0.1, 0.15) is 60.5 Å². The Balaban J connectivity index is 1.32. The number of likely N-dealkylation sites (tertiary alicyclic amines) is 1. The van der Waals surface area contributed by atoms with E-state index in [9.17, 15) is 9.59 Å². The van der Waals surface area contributed by atoms with Gasteiger partial charge >= 0.3 is 0 Å². The number of piperazine rings is 1. The normalized spacial score (nSPS) is 30.4. The number of methoxy groups -OCH3 is 1. The fraction of sp³-hybridized carbons (Fsp3) is 0.652. The molecule has 2 bridgehead atoms. The monoisotopic (exact) mass is 382 g/mol. The molecule has 4 unspecified atom stereocenters. The van der Waals surface area contributed by atoms with Crippen LogP contribution in [0, 0.1) is 11.8 Å². The molecule has 5 heteroatoms. The van der Waals surface area contributed by atoms with Crippen molar-refractivity contribution in [3.8, 4) is 5.75 Å². The third-order valence-corrected chi connectivity index (χ3v) is 7.41. The van der Waals surface area contributed by atoms with Gasteiger partial charge in [-0.15, -0.1) is 0 Å². The van der Waals surface area contributed by atoms with E-state index < -0.39 is 0 Å². The smallest absolute Gasteiger partial charge is 0.257 e. The number of hydrogen-bond donors (Lipinski definition) is 0. The van der Waals surface area contributed by atoms with E-state index in [1.165, 1.54) is 17.5 Å². The molecule has 1 aromatic carbocycles. The average molecular weight is 383 g/mol. The fourth-order valence-electron chi connectivity index (χ4n) is 5.60. The van der Waals surface area contributed by atoms with Crippen LogP contribution in [0.4, 0.5) is 0 Å². The summed E-state index contributed by atoms with van der Waals surface area (Å²) < 4.78 is 5.56. The Morgan fingerprint density at radius 2 is 1.75 bits per heavy atom. The number of benzene rings is 1. The maximum Gasteiger partial charge on any atom is 0.257 e. The summed E-state index contributed by atoms with van der Waals surface area (Å²) in [5.41, 5.74) is 3.30. The Labute approximate surface area is 167 Å². The van der Waals surface area contributed by atoms with Crippen molar-refractivity contribution in [2.24, 2.45) is 11.8 Å². The number of rotatable bonds is 4. The standard InChI is InChI=1S/C23H30N2O3/c1-14-8-17(14)11-22(26)25-18-6-7-19(25)13-24(12-18)23(27)20-9-15-4-3-5-16(15)10-21(20)28-2/h9-10,14,17-19H,3-8,11-13H2,1-2H3. The van der Waals surface area contributed by atoms with Crippen molar-refractivity contribution in [1.29, 1.82) is 0 Å². The zero-order valence-corrected chi connectivity index (χ0v) is 16.9. The molecule has 150 valence electrons. The molecular weight excluding hydrogens is 352 g/mol. The van der Waals surface area contributed by atoms with E-state index in [-0.39, 0.29) is 18.0 Å². The van der Waals surface area contributed by atoms with E-state index in [0.29, 0.717) is 48.6 Å². The number of nitrogens with zero attached hydrogens (tertiary/aromatic N) is 2. The maximum atomic E-state index is 13.3. The van der Waals surface area contributed by atoms with Crippen molar-refractivity contribution in [3.05, 3.63) is 28.8 Å². The molecule has 4 aliphatic rings. The van der Waals surface area contributed by atoms with Gasteiger partial charge in [-0.05, 0) is 73.6 Å². The lowest BCUT2D eigenvalue weighted by Crippen LogP contribution is -2.57. The number of carbonyl (C=O) groups excluding carboxylic acids is 2. The van der Waals surface area contributed by atoms with E-state index in [1.807, 2.05) is 4.90 Å². The lowest BCUT2D eigenvalue weighted by atomic mass is 10.0. The molecule has 0 spiro atoms. The minimum absolute atomic E-state index is 0.0614. The number of ether oxygens (including phenoxy) is 1. The Morgan fingerprint density at radius 1 is 1.11 bits per heavy atom. The van der Waals surface area contributed by atoms with E-state index in [1.54, 1.807) is 7.11 Å². The molecule has 28 heavy (non-hydrogen) atoms. The van der Waals surface area contributed by atoms with E-state index in [0.717, 1.165) is 32.1 Å². The molecule has 2 heterocycles. The Bertz CT molecular complexity index is 806. The van der Waals surface area contributed by atoms with E-state index in [4.69, 9.17) is 4.74 Å². The molecular formula is C23H30N2O3. The summed E-state index contributed by atoms with van der Waals surface area (Å²) in [5.74, 6) is 2.36. The van der Waals surface area contributed by atoms with Gasteiger partial charge in [0.25, 0.3) is 5.91 Å². The predicted molar refractivity (Wildman–Crippen MR) is 106 cm³/mol. The zero-order chi connectivity index (χ0) is 19.4. The van der Waals surface area contributed by atoms with Crippen LogP contribution >= 0.6 is 0 Å². The van der Waals surface area contributed by atoms with Crippen LogP contribution in [0.2, 0.25) is 0 Å². The molecule has 2 amide bonds. The molecule has 5 nitrogen and oxygen atoms in total. The quantitative estimate of drug-likeness (QED) is 0.804. The molecule has 2 aliphatic heterocycles. The Hall–Kier alpha value is -2.04. The van der Waals surface area contributed by atoms with Crippen LogP contribution in [0.5, 0.6) is 5.75 Å². The van der Waals surface area contributed by atoms with Crippen LogP contribution in [0.15, 0.2) is 12.1 Å². The van der Waals surface area contributed by atoms with Gasteiger partial charge in [-0.25, -0.2) is 0 Å². The van der Waals surface area contributed by atoms with Crippen molar-refractivity contribution in [3.63, 3.8) is 0 Å². The second-order valence-corrected chi connectivity index (χ2v) is 9.25. The molecule has 4 atom stereocenters. The summed E-state index contributed by atoms with van der Waals surface area (Å²) in [6.45, 7) is 3.54. The van der Waals surface area contributed by atoms with Crippen LogP contribution in [0.25, 0.3) is 0 Å². The highest BCUT2D eigenvalue weighted by molar-refractivity contribution is 5.97. The topological polar surface area (TPSA) is 49.9 Å². The highest BCUT2D eigenvalue weighted by Crippen LogP contribution is 2.42. The van der Waals surface area contributed by atoms with Gasteiger partial charge in [0.1, 0.15) is 5.75 Å². The third-order valence-electron chi connectivity index (χ3n) is 7.41. The second kappa shape index (κ2) is 6.78. The highest BCUT2D eigenvalue weighted by atomic mass is 16.5. The van der Waals surface area contributed by atoms with Crippen molar-refractivity contribution < 1.29 is 14.3 Å². The molecule has 5 rings (SSSR count). The zero-order valence-electron chi connectivity index (χ0n) is 16.9. The van der Waals surface area contributed by atoms with Gasteiger partial charge < -0.3 is 14.5 Å². The second-order valence-electron chi connectivity index (χ2n) is 9.25. The molecule has 0 radical (unpaired) electrons. The van der Waals surface area contributed by atoms with Gasteiger partial charge in [-0.1, -0.05) is 6.92 Å². The molecule has 2 saturated heterocycles. The number of fused-ring (bicyclic) bond motifs is 3. The first-order chi connectivity index (χ1) is 13.5. The van der Waals surface area contributed by atoms with E-state index in [2.05, 4.69) is 24.0 Å².